The van der Waals surface area contributed by atoms with Gasteiger partial charge in [0, 0.05) is 31.7 Å². The third-order valence-electron chi connectivity index (χ3n) is 2.73. The predicted octanol–water partition coefficient (Wildman–Crippen LogP) is 1.74. The van der Waals surface area contributed by atoms with E-state index in [1.54, 1.807) is 18.6 Å². The largest absolute Gasteiger partial charge is 0.388 e. The lowest BCUT2D eigenvalue weighted by atomic mass is 10.2. The van der Waals surface area contributed by atoms with E-state index < -0.39 is 0 Å². The molecule has 19 heavy (non-hydrogen) atoms. The molecule has 2 N–H and O–H groups in total. The average molecular weight is 272 g/mol. The molecule has 0 aliphatic heterocycles. The van der Waals surface area contributed by atoms with Crippen LogP contribution in [-0.2, 0) is 13.1 Å². The van der Waals surface area contributed by atoms with Crippen molar-refractivity contribution in [2.24, 2.45) is 5.73 Å². The van der Waals surface area contributed by atoms with Crippen molar-refractivity contribution in [3.05, 3.63) is 59.7 Å². The van der Waals surface area contributed by atoms with Crippen molar-refractivity contribution in [2.75, 3.05) is 7.05 Å². The monoisotopic (exact) mass is 272 g/mol. The quantitative estimate of drug-likeness (QED) is 0.840. The van der Waals surface area contributed by atoms with Gasteiger partial charge in [-0.3, -0.25) is 14.9 Å². The van der Waals surface area contributed by atoms with Gasteiger partial charge in [0.05, 0.1) is 5.69 Å². The van der Waals surface area contributed by atoms with Crippen LogP contribution in [0.1, 0.15) is 16.8 Å². The summed E-state index contributed by atoms with van der Waals surface area (Å²) >= 11 is 4.93. The molecule has 0 saturated heterocycles. The lowest BCUT2D eigenvalue weighted by Gasteiger charge is -2.16. The summed E-state index contributed by atoms with van der Waals surface area (Å²) in [6, 6.07) is 7.95. The maximum Gasteiger partial charge on any atom is 0.122 e. The molecule has 0 fully saturated rings. The molecule has 0 aliphatic rings. The lowest BCUT2D eigenvalue weighted by Crippen LogP contribution is -2.18. The minimum absolute atomic E-state index is 0.332. The van der Waals surface area contributed by atoms with Gasteiger partial charge in [0.1, 0.15) is 4.99 Å². The van der Waals surface area contributed by atoms with E-state index in [9.17, 15) is 0 Å². The van der Waals surface area contributed by atoms with Crippen molar-refractivity contribution in [1.82, 2.24) is 14.9 Å². The van der Waals surface area contributed by atoms with E-state index in [2.05, 4.69) is 21.9 Å². The number of hydrogen-bond acceptors (Lipinski definition) is 4. The number of hydrogen-bond donors (Lipinski definition) is 1. The van der Waals surface area contributed by atoms with Gasteiger partial charge in [-0.15, -0.1) is 0 Å². The summed E-state index contributed by atoms with van der Waals surface area (Å²) in [6.07, 6.45) is 5.35. The van der Waals surface area contributed by atoms with E-state index >= 15 is 0 Å². The van der Waals surface area contributed by atoms with Crippen LogP contribution >= 0.6 is 12.2 Å². The Morgan fingerprint density at radius 1 is 1.16 bits per heavy atom. The van der Waals surface area contributed by atoms with Gasteiger partial charge >= 0.3 is 0 Å². The first kappa shape index (κ1) is 13.6. The Morgan fingerprint density at radius 2 is 1.79 bits per heavy atom. The Kier molecular flexibility index (Phi) is 4.54. The molecule has 5 heteroatoms. The van der Waals surface area contributed by atoms with Gasteiger partial charge < -0.3 is 5.73 Å². The molecule has 0 radical (unpaired) electrons. The standard InChI is InChI=1S/C14H16N4S/c1-18(9-11-2-5-16-6-3-11)10-12-4-7-17-13(8-12)14(15)19/h2-8H,9-10H2,1H3,(H2,15,19). The van der Waals surface area contributed by atoms with E-state index in [0.717, 1.165) is 18.7 Å². The second-order valence-electron chi connectivity index (χ2n) is 4.44. The summed E-state index contributed by atoms with van der Waals surface area (Å²) in [6.45, 7) is 1.69. The van der Waals surface area contributed by atoms with Crippen LogP contribution in [0.5, 0.6) is 0 Å². The number of nitrogens with zero attached hydrogens (tertiary/aromatic N) is 3. The zero-order valence-corrected chi connectivity index (χ0v) is 11.6. The zero-order valence-electron chi connectivity index (χ0n) is 10.8. The van der Waals surface area contributed by atoms with Gasteiger partial charge in [0.2, 0.25) is 0 Å². The summed E-state index contributed by atoms with van der Waals surface area (Å²) in [5, 5.41) is 0. The SMILES string of the molecule is CN(Cc1ccncc1)Cc1ccnc(C(N)=S)c1. The Hall–Kier alpha value is -1.85. The molecule has 4 nitrogen and oxygen atoms in total. The molecule has 0 unspecified atom stereocenters. The zero-order chi connectivity index (χ0) is 13.7. The van der Waals surface area contributed by atoms with Crippen LogP contribution in [0, 0.1) is 0 Å². The molecule has 0 bridgehead atoms. The summed E-state index contributed by atoms with van der Waals surface area (Å²) < 4.78 is 0. The molecule has 2 aromatic heterocycles. The summed E-state index contributed by atoms with van der Waals surface area (Å²) in [5.41, 5.74) is 8.64. The van der Waals surface area contributed by atoms with Crippen LogP contribution in [0.2, 0.25) is 0 Å². The molecule has 0 spiro atoms. The van der Waals surface area contributed by atoms with Crippen molar-refractivity contribution in [3.63, 3.8) is 0 Å². The molecule has 0 amide bonds. The Balaban J connectivity index is 2.01. The molecule has 0 aromatic carbocycles. The average Bonchev–Trinajstić information content (AvgIpc) is 2.40. The van der Waals surface area contributed by atoms with E-state index in [1.165, 1.54) is 5.56 Å². The van der Waals surface area contributed by atoms with Gasteiger partial charge in [0.15, 0.2) is 0 Å². The van der Waals surface area contributed by atoms with Gasteiger partial charge in [-0.25, -0.2) is 0 Å². The first-order chi connectivity index (χ1) is 9.15. The molecule has 2 heterocycles. The molecule has 0 saturated carbocycles. The smallest absolute Gasteiger partial charge is 0.122 e. The maximum atomic E-state index is 5.59. The van der Waals surface area contributed by atoms with E-state index in [1.807, 2.05) is 24.3 Å². The number of thiocarbonyl (C=S) groups is 1. The van der Waals surface area contributed by atoms with Gasteiger partial charge in [-0.1, -0.05) is 12.2 Å². The van der Waals surface area contributed by atoms with Gasteiger partial charge in [-0.2, -0.15) is 0 Å². The van der Waals surface area contributed by atoms with Crippen LogP contribution in [0.4, 0.5) is 0 Å². The van der Waals surface area contributed by atoms with Gasteiger partial charge in [-0.05, 0) is 42.4 Å². The highest BCUT2D eigenvalue weighted by Gasteiger charge is 2.04. The maximum absolute atomic E-state index is 5.59. The third kappa shape index (κ3) is 4.08. The first-order valence-electron chi connectivity index (χ1n) is 5.97. The van der Waals surface area contributed by atoms with Crippen LogP contribution in [0.25, 0.3) is 0 Å². The number of rotatable bonds is 5. The normalized spacial score (nSPS) is 10.6. The fourth-order valence-electron chi connectivity index (χ4n) is 1.87. The fourth-order valence-corrected chi connectivity index (χ4v) is 1.99. The van der Waals surface area contributed by atoms with Crippen molar-refractivity contribution in [3.8, 4) is 0 Å². The minimum atomic E-state index is 0.332. The Labute approximate surface area is 118 Å². The molecule has 2 rings (SSSR count). The van der Waals surface area contributed by atoms with Crippen molar-refractivity contribution < 1.29 is 0 Å². The minimum Gasteiger partial charge on any atom is -0.388 e. The van der Waals surface area contributed by atoms with E-state index in [-0.39, 0.29) is 0 Å². The van der Waals surface area contributed by atoms with Crippen LogP contribution in [0.3, 0.4) is 0 Å². The summed E-state index contributed by atoms with van der Waals surface area (Å²) in [4.78, 5) is 10.7. The number of nitrogens with two attached hydrogens (primary N) is 1. The number of pyridine rings is 2. The fraction of sp³-hybridized carbons (Fsp3) is 0.214. The van der Waals surface area contributed by atoms with E-state index in [0.29, 0.717) is 10.7 Å². The van der Waals surface area contributed by atoms with Crippen molar-refractivity contribution in [1.29, 1.82) is 0 Å². The lowest BCUT2D eigenvalue weighted by molar-refractivity contribution is 0.319. The Bertz CT molecular complexity index is 556. The van der Waals surface area contributed by atoms with Crippen molar-refractivity contribution in [2.45, 2.75) is 13.1 Å². The summed E-state index contributed by atoms with van der Waals surface area (Å²) in [7, 11) is 2.07. The molecule has 0 aliphatic carbocycles. The second kappa shape index (κ2) is 6.36. The number of aromatic nitrogens is 2. The molecular weight excluding hydrogens is 256 g/mol. The van der Waals surface area contributed by atoms with Crippen molar-refractivity contribution >= 4 is 17.2 Å². The molecular formula is C14H16N4S. The molecule has 2 aromatic rings. The highest BCUT2D eigenvalue weighted by Crippen LogP contribution is 2.08. The second-order valence-corrected chi connectivity index (χ2v) is 4.88. The molecule has 0 atom stereocenters. The Morgan fingerprint density at radius 3 is 2.47 bits per heavy atom. The van der Waals surface area contributed by atoms with Gasteiger partial charge in [0.25, 0.3) is 0 Å². The highest BCUT2D eigenvalue weighted by molar-refractivity contribution is 7.80. The predicted molar refractivity (Wildman–Crippen MR) is 79.5 cm³/mol. The molecule has 98 valence electrons. The van der Waals surface area contributed by atoms with Crippen LogP contribution < -0.4 is 5.73 Å². The first-order valence-corrected chi connectivity index (χ1v) is 6.38. The van der Waals surface area contributed by atoms with E-state index in [4.69, 9.17) is 18.0 Å². The highest BCUT2D eigenvalue weighted by atomic mass is 32.1. The van der Waals surface area contributed by atoms with Crippen LogP contribution in [0.15, 0.2) is 42.9 Å². The third-order valence-corrected chi connectivity index (χ3v) is 2.94. The van der Waals surface area contributed by atoms with Crippen LogP contribution in [-0.4, -0.2) is 26.9 Å². The summed E-state index contributed by atoms with van der Waals surface area (Å²) in [5.74, 6) is 0. The topological polar surface area (TPSA) is 55.0 Å².